The van der Waals surface area contributed by atoms with Crippen molar-refractivity contribution in [1.82, 2.24) is 4.98 Å². The van der Waals surface area contributed by atoms with E-state index in [-0.39, 0.29) is 6.10 Å². The van der Waals surface area contributed by atoms with Crippen LogP contribution in [0, 0.1) is 5.92 Å². The number of hydrogen-bond donors (Lipinski definition) is 1. The summed E-state index contributed by atoms with van der Waals surface area (Å²) < 4.78 is 5.77. The Morgan fingerprint density at radius 2 is 2.11 bits per heavy atom. The van der Waals surface area contributed by atoms with Gasteiger partial charge in [-0.3, -0.25) is 0 Å². The molecule has 2 atom stereocenters. The van der Waals surface area contributed by atoms with Crippen LogP contribution in [0.2, 0.25) is 0 Å². The third kappa shape index (κ3) is 4.41. The number of ether oxygens (including phenoxy) is 1. The van der Waals surface area contributed by atoms with Gasteiger partial charge in [-0.05, 0) is 51.2 Å². The number of anilines is 1. The van der Waals surface area contributed by atoms with Gasteiger partial charge in [-0.25, -0.2) is 4.98 Å². The molecule has 0 bridgehead atoms. The van der Waals surface area contributed by atoms with E-state index in [1.54, 1.807) is 6.20 Å². The molecule has 1 N–H and O–H groups in total. The normalized spacial score (nSPS) is 24.0. The van der Waals surface area contributed by atoms with Crippen molar-refractivity contribution in [2.45, 2.75) is 65.0 Å². The largest absolute Gasteiger partial charge is 0.473 e. The molecule has 0 amide bonds. The predicted molar refractivity (Wildman–Crippen MR) is 79.7 cm³/mol. The van der Waals surface area contributed by atoms with E-state index in [0.29, 0.717) is 6.04 Å². The van der Waals surface area contributed by atoms with Crippen LogP contribution in [0.15, 0.2) is 18.3 Å². The third-order valence-corrected chi connectivity index (χ3v) is 3.74. The molecule has 1 aliphatic carbocycles. The molecule has 3 heteroatoms. The molecule has 0 aromatic carbocycles. The van der Waals surface area contributed by atoms with Crippen LogP contribution in [-0.4, -0.2) is 17.1 Å². The quantitative estimate of drug-likeness (QED) is 0.824. The highest BCUT2D eigenvalue weighted by Gasteiger charge is 2.17. The van der Waals surface area contributed by atoms with Gasteiger partial charge in [0, 0.05) is 12.2 Å². The number of nitrogens with zero attached hydrogens (tertiary/aromatic N) is 1. The zero-order valence-electron chi connectivity index (χ0n) is 12.4. The maximum Gasteiger partial charge on any atom is 0.237 e. The summed E-state index contributed by atoms with van der Waals surface area (Å²) in [7, 11) is 0. The minimum absolute atomic E-state index is 0.157. The Hall–Kier alpha value is -1.25. The summed E-state index contributed by atoms with van der Waals surface area (Å²) in [5.74, 6) is 1.60. The summed E-state index contributed by atoms with van der Waals surface area (Å²) in [6, 6.07) is 4.59. The number of nitrogens with one attached hydrogen (secondary N) is 1. The summed E-state index contributed by atoms with van der Waals surface area (Å²) in [6.45, 7) is 6.43. The number of aromatic nitrogens is 1. The van der Waals surface area contributed by atoms with Crippen molar-refractivity contribution < 1.29 is 4.74 Å². The zero-order chi connectivity index (χ0) is 13.7. The van der Waals surface area contributed by atoms with Crippen LogP contribution < -0.4 is 10.1 Å². The second-order valence-electron chi connectivity index (χ2n) is 5.98. The SMILES string of the molecule is CC1CCCC(Nc2cccnc2OC(C)C)CC1. The maximum atomic E-state index is 5.77. The molecule has 1 aliphatic rings. The van der Waals surface area contributed by atoms with Crippen molar-refractivity contribution in [3.8, 4) is 5.88 Å². The summed E-state index contributed by atoms with van der Waals surface area (Å²) in [5, 5.41) is 3.63. The molecule has 1 aromatic heterocycles. The third-order valence-electron chi connectivity index (χ3n) is 3.74. The summed E-state index contributed by atoms with van der Waals surface area (Å²) in [5.41, 5.74) is 1.04. The van der Waals surface area contributed by atoms with Gasteiger partial charge in [0.25, 0.3) is 0 Å². The molecule has 1 aromatic rings. The lowest BCUT2D eigenvalue weighted by molar-refractivity contribution is 0.234. The molecule has 0 aliphatic heterocycles. The van der Waals surface area contributed by atoms with Crippen LogP contribution in [0.4, 0.5) is 5.69 Å². The highest BCUT2D eigenvalue weighted by atomic mass is 16.5. The van der Waals surface area contributed by atoms with Gasteiger partial charge >= 0.3 is 0 Å². The van der Waals surface area contributed by atoms with Crippen LogP contribution in [0.1, 0.15) is 52.9 Å². The van der Waals surface area contributed by atoms with E-state index in [0.717, 1.165) is 17.5 Å². The van der Waals surface area contributed by atoms with Crippen LogP contribution in [0.25, 0.3) is 0 Å². The Morgan fingerprint density at radius 3 is 2.89 bits per heavy atom. The lowest BCUT2D eigenvalue weighted by atomic mass is 10.0. The molecule has 1 saturated carbocycles. The topological polar surface area (TPSA) is 34.2 Å². The van der Waals surface area contributed by atoms with E-state index >= 15 is 0 Å². The average Bonchev–Trinajstić information content (AvgIpc) is 2.56. The van der Waals surface area contributed by atoms with Gasteiger partial charge in [-0.2, -0.15) is 0 Å². The zero-order valence-corrected chi connectivity index (χ0v) is 12.4. The van der Waals surface area contributed by atoms with E-state index in [1.807, 2.05) is 19.9 Å². The van der Waals surface area contributed by atoms with Gasteiger partial charge in [0.2, 0.25) is 5.88 Å². The second-order valence-corrected chi connectivity index (χ2v) is 5.98. The Kier molecular flexibility index (Phi) is 5.06. The fourth-order valence-electron chi connectivity index (χ4n) is 2.67. The van der Waals surface area contributed by atoms with Crippen LogP contribution in [0.5, 0.6) is 5.88 Å². The number of pyridine rings is 1. The minimum Gasteiger partial charge on any atom is -0.473 e. The van der Waals surface area contributed by atoms with E-state index in [4.69, 9.17) is 4.74 Å². The summed E-state index contributed by atoms with van der Waals surface area (Å²) in [4.78, 5) is 4.34. The maximum absolute atomic E-state index is 5.77. The Morgan fingerprint density at radius 1 is 1.26 bits per heavy atom. The molecule has 106 valence electrons. The molecule has 0 radical (unpaired) electrons. The van der Waals surface area contributed by atoms with Crippen LogP contribution >= 0.6 is 0 Å². The molecule has 2 unspecified atom stereocenters. The van der Waals surface area contributed by atoms with Crippen LogP contribution in [-0.2, 0) is 0 Å². The lowest BCUT2D eigenvalue weighted by Crippen LogP contribution is -2.20. The van der Waals surface area contributed by atoms with E-state index in [1.165, 1.54) is 32.1 Å². The van der Waals surface area contributed by atoms with Gasteiger partial charge in [-0.1, -0.05) is 19.8 Å². The van der Waals surface area contributed by atoms with Crippen LogP contribution in [0.3, 0.4) is 0 Å². The smallest absolute Gasteiger partial charge is 0.237 e. The predicted octanol–water partition coefficient (Wildman–Crippen LogP) is 4.25. The van der Waals surface area contributed by atoms with E-state index in [9.17, 15) is 0 Å². The molecule has 1 heterocycles. The first-order valence-electron chi connectivity index (χ1n) is 7.53. The summed E-state index contributed by atoms with van der Waals surface area (Å²) in [6.07, 6.45) is 8.44. The van der Waals surface area contributed by atoms with Crippen molar-refractivity contribution in [2.75, 3.05) is 5.32 Å². The summed E-state index contributed by atoms with van der Waals surface area (Å²) >= 11 is 0. The number of rotatable bonds is 4. The highest BCUT2D eigenvalue weighted by molar-refractivity contribution is 5.52. The van der Waals surface area contributed by atoms with Crippen molar-refractivity contribution in [3.05, 3.63) is 18.3 Å². The first-order chi connectivity index (χ1) is 9.15. The average molecular weight is 262 g/mol. The molecule has 3 nitrogen and oxygen atoms in total. The molecule has 0 saturated heterocycles. The molecular formula is C16H26N2O. The van der Waals surface area contributed by atoms with Crippen molar-refractivity contribution >= 4 is 5.69 Å². The highest BCUT2D eigenvalue weighted by Crippen LogP contribution is 2.28. The fourth-order valence-corrected chi connectivity index (χ4v) is 2.67. The monoisotopic (exact) mass is 262 g/mol. The lowest BCUT2D eigenvalue weighted by Gasteiger charge is -2.20. The van der Waals surface area contributed by atoms with Crippen molar-refractivity contribution in [2.24, 2.45) is 5.92 Å². The second kappa shape index (κ2) is 6.78. The van der Waals surface area contributed by atoms with Crippen molar-refractivity contribution in [3.63, 3.8) is 0 Å². The standard InChI is InChI=1S/C16H26N2O/c1-12(2)19-16-15(8-5-11-17-16)18-14-7-4-6-13(3)9-10-14/h5,8,11-14,18H,4,6-7,9-10H2,1-3H3. The Bertz CT molecular complexity index is 392. The van der Waals surface area contributed by atoms with Gasteiger partial charge in [-0.15, -0.1) is 0 Å². The van der Waals surface area contributed by atoms with Gasteiger partial charge in [0.1, 0.15) is 0 Å². The molecule has 2 rings (SSSR count). The molecular weight excluding hydrogens is 236 g/mol. The number of hydrogen-bond acceptors (Lipinski definition) is 3. The first kappa shape index (κ1) is 14.2. The molecule has 0 spiro atoms. The fraction of sp³-hybridized carbons (Fsp3) is 0.688. The Balaban J connectivity index is 2.01. The first-order valence-corrected chi connectivity index (χ1v) is 7.53. The van der Waals surface area contributed by atoms with E-state index < -0.39 is 0 Å². The van der Waals surface area contributed by atoms with Crippen molar-refractivity contribution in [1.29, 1.82) is 0 Å². The molecule has 1 fully saturated rings. The van der Waals surface area contributed by atoms with Gasteiger partial charge in [0.05, 0.1) is 11.8 Å². The minimum atomic E-state index is 0.157. The van der Waals surface area contributed by atoms with Gasteiger partial charge in [0.15, 0.2) is 0 Å². The molecule has 19 heavy (non-hydrogen) atoms. The Labute approximate surface area is 116 Å². The van der Waals surface area contributed by atoms with E-state index in [2.05, 4.69) is 23.3 Å². The van der Waals surface area contributed by atoms with Gasteiger partial charge < -0.3 is 10.1 Å².